The molecule has 1 atom stereocenters. The molecule has 1 N–H and O–H groups in total. The van der Waals surface area contributed by atoms with Crippen LogP contribution in [0.3, 0.4) is 0 Å². The highest BCUT2D eigenvalue weighted by Gasteiger charge is 2.22. The number of anilines is 1. The molecule has 0 aliphatic carbocycles. The lowest BCUT2D eigenvalue weighted by atomic mass is 10.1. The Morgan fingerprint density at radius 3 is 3.12 bits per heavy atom. The second-order valence-electron chi connectivity index (χ2n) is 4.61. The molecule has 17 heavy (non-hydrogen) atoms. The van der Waals surface area contributed by atoms with E-state index in [0.29, 0.717) is 0 Å². The Hall–Kier alpha value is -0.670. The Kier molecular flexibility index (Phi) is 4.75. The van der Waals surface area contributed by atoms with Gasteiger partial charge in [0.1, 0.15) is 0 Å². The summed E-state index contributed by atoms with van der Waals surface area (Å²) < 4.78 is 0. The highest BCUT2D eigenvalue weighted by atomic mass is 32.2. The van der Waals surface area contributed by atoms with Gasteiger partial charge in [0, 0.05) is 23.7 Å². The molecule has 3 heteroatoms. The van der Waals surface area contributed by atoms with Gasteiger partial charge >= 0.3 is 0 Å². The summed E-state index contributed by atoms with van der Waals surface area (Å²) in [4.78, 5) is 3.87. The zero-order valence-electron chi connectivity index (χ0n) is 10.8. The van der Waals surface area contributed by atoms with Crippen molar-refractivity contribution in [2.24, 2.45) is 5.92 Å². The quantitative estimate of drug-likeness (QED) is 0.809. The van der Waals surface area contributed by atoms with Crippen LogP contribution in [0.25, 0.3) is 0 Å². The second kappa shape index (κ2) is 6.31. The van der Waals surface area contributed by atoms with Gasteiger partial charge < -0.3 is 10.2 Å². The minimum absolute atomic E-state index is 0.813. The summed E-state index contributed by atoms with van der Waals surface area (Å²) in [5.41, 5.74) is 1.39. The lowest BCUT2D eigenvalue weighted by molar-refractivity contribution is 0.528. The van der Waals surface area contributed by atoms with Gasteiger partial charge in [0.15, 0.2) is 0 Å². The Labute approximate surface area is 109 Å². The topological polar surface area (TPSA) is 15.3 Å². The number of nitrogens with zero attached hydrogens (tertiary/aromatic N) is 1. The van der Waals surface area contributed by atoms with Crippen LogP contribution in [0.1, 0.15) is 13.3 Å². The van der Waals surface area contributed by atoms with Crippen LogP contribution in [0.15, 0.2) is 29.2 Å². The van der Waals surface area contributed by atoms with Gasteiger partial charge in [0.25, 0.3) is 0 Å². The first kappa shape index (κ1) is 12.8. The summed E-state index contributed by atoms with van der Waals surface area (Å²) in [5.74, 6) is 0.813. The van der Waals surface area contributed by atoms with Gasteiger partial charge in [-0.05, 0) is 49.9 Å². The third-order valence-corrected chi connectivity index (χ3v) is 4.11. The van der Waals surface area contributed by atoms with Gasteiger partial charge in [-0.1, -0.05) is 13.0 Å². The fourth-order valence-corrected chi connectivity index (χ4v) is 2.84. The SMILES string of the molecule is CCNCC1CCN(c2cccc(SC)c2)C1. The van der Waals surface area contributed by atoms with Gasteiger partial charge in [-0.2, -0.15) is 0 Å². The Morgan fingerprint density at radius 1 is 1.47 bits per heavy atom. The first-order chi connectivity index (χ1) is 8.33. The lowest BCUT2D eigenvalue weighted by Crippen LogP contribution is -2.26. The average Bonchev–Trinajstić information content (AvgIpc) is 2.85. The van der Waals surface area contributed by atoms with Gasteiger partial charge in [0.05, 0.1) is 0 Å². The van der Waals surface area contributed by atoms with Crippen LogP contribution in [0, 0.1) is 5.92 Å². The van der Waals surface area contributed by atoms with Gasteiger partial charge in [0.2, 0.25) is 0 Å². The summed E-state index contributed by atoms with van der Waals surface area (Å²) >= 11 is 1.82. The van der Waals surface area contributed by atoms with E-state index in [1.165, 1.54) is 30.1 Å². The summed E-state index contributed by atoms with van der Waals surface area (Å²) in [7, 11) is 0. The number of nitrogens with one attached hydrogen (secondary N) is 1. The normalized spacial score (nSPS) is 19.9. The summed E-state index contributed by atoms with van der Waals surface area (Å²) in [5, 5.41) is 3.45. The number of benzene rings is 1. The van der Waals surface area contributed by atoms with E-state index in [9.17, 15) is 0 Å². The van der Waals surface area contributed by atoms with Crippen molar-refractivity contribution in [1.29, 1.82) is 0 Å². The van der Waals surface area contributed by atoms with E-state index in [2.05, 4.69) is 47.7 Å². The van der Waals surface area contributed by atoms with E-state index < -0.39 is 0 Å². The molecule has 0 radical (unpaired) electrons. The van der Waals surface area contributed by atoms with Crippen molar-refractivity contribution >= 4 is 17.4 Å². The lowest BCUT2D eigenvalue weighted by Gasteiger charge is -2.19. The van der Waals surface area contributed by atoms with Crippen molar-refractivity contribution in [3.8, 4) is 0 Å². The predicted octanol–water partition coefficient (Wildman–Crippen LogP) is 2.84. The molecule has 1 aromatic carbocycles. The summed E-state index contributed by atoms with van der Waals surface area (Å²) in [6, 6.07) is 8.88. The van der Waals surface area contributed by atoms with E-state index in [-0.39, 0.29) is 0 Å². The molecule has 94 valence electrons. The van der Waals surface area contributed by atoms with Crippen LogP contribution in [0.5, 0.6) is 0 Å². The predicted molar refractivity (Wildman–Crippen MR) is 77.1 cm³/mol. The first-order valence-corrected chi connectivity index (χ1v) is 7.65. The fraction of sp³-hybridized carbons (Fsp3) is 0.571. The molecule has 0 spiro atoms. The smallest absolute Gasteiger partial charge is 0.0377 e. The van der Waals surface area contributed by atoms with Crippen molar-refractivity contribution in [2.75, 3.05) is 37.3 Å². The molecular formula is C14H22N2S. The highest BCUT2D eigenvalue weighted by Crippen LogP contribution is 2.26. The summed E-state index contributed by atoms with van der Waals surface area (Å²) in [6.45, 7) is 6.82. The second-order valence-corrected chi connectivity index (χ2v) is 5.49. The molecule has 0 aromatic heterocycles. The molecule has 0 saturated carbocycles. The van der Waals surface area contributed by atoms with Crippen molar-refractivity contribution in [2.45, 2.75) is 18.2 Å². The van der Waals surface area contributed by atoms with Crippen molar-refractivity contribution < 1.29 is 0 Å². The molecule has 1 aliphatic heterocycles. The first-order valence-electron chi connectivity index (χ1n) is 6.43. The number of thioether (sulfide) groups is 1. The average molecular weight is 250 g/mol. The van der Waals surface area contributed by atoms with Crippen LogP contribution < -0.4 is 10.2 Å². The molecule has 0 amide bonds. The van der Waals surface area contributed by atoms with E-state index in [4.69, 9.17) is 0 Å². The third-order valence-electron chi connectivity index (χ3n) is 3.39. The molecule has 2 nitrogen and oxygen atoms in total. The van der Waals surface area contributed by atoms with Crippen molar-refractivity contribution in [3.63, 3.8) is 0 Å². The molecule has 1 heterocycles. The van der Waals surface area contributed by atoms with Gasteiger partial charge in [-0.3, -0.25) is 0 Å². The van der Waals surface area contributed by atoms with E-state index in [0.717, 1.165) is 19.0 Å². The highest BCUT2D eigenvalue weighted by molar-refractivity contribution is 7.98. The molecule has 0 bridgehead atoms. The van der Waals surface area contributed by atoms with Crippen LogP contribution in [0.4, 0.5) is 5.69 Å². The monoisotopic (exact) mass is 250 g/mol. The standard InChI is InChI=1S/C14H22N2S/c1-3-15-10-12-7-8-16(11-12)13-5-4-6-14(9-13)17-2/h4-6,9,12,15H,3,7-8,10-11H2,1-2H3. The van der Waals surface area contributed by atoms with Crippen LogP contribution in [-0.4, -0.2) is 32.4 Å². The fourth-order valence-electron chi connectivity index (χ4n) is 2.39. The van der Waals surface area contributed by atoms with Gasteiger partial charge in [-0.15, -0.1) is 11.8 Å². The van der Waals surface area contributed by atoms with Crippen LogP contribution in [0.2, 0.25) is 0 Å². The number of hydrogen-bond donors (Lipinski definition) is 1. The number of hydrogen-bond acceptors (Lipinski definition) is 3. The van der Waals surface area contributed by atoms with E-state index in [1.54, 1.807) is 0 Å². The van der Waals surface area contributed by atoms with Gasteiger partial charge in [-0.25, -0.2) is 0 Å². The van der Waals surface area contributed by atoms with E-state index in [1.807, 2.05) is 11.8 Å². The van der Waals surface area contributed by atoms with Crippen molar-refractivity contribution in [3.05, 3.63) is 24.3 Å². The molecule has 1 aromatic rings. The summed E-state index contributed by atoms with van der Waals surface area (Å²) in [6.07, 6.45) is 3.45. The zero-order chi connectivity index (χ0) is 12.1. The molecular weight excluding hydrogens is 228 g/mol. The maximum Gasteiger partial charge on any atom is 0.0377 e. The molecule has 1 fully saturated rings. The molecule has 2 rings (SSSR count). The number of rotatable bonds is 5. The van der Waals surface area contributed by atoms with E-state index >= 15 is 0 Å². The third kappa shape index (κ3) is 3.39. The van der Waals surface area contributed by atoms with Crippen LogP contribution in [-0.2, 0) is 0 Å². The van der Waals surface area contributed by atoms with Crippen molar-refractivity contribution in [1.82, 2.24) is 5.32 Å². The maximum absolute atomic E-state index is 3.45. The zero-order valence-corrected chi connectivity index (χ0v) is 11.6. The van der Waals surface area contributed by atoms with Crippen LogP contribution >= 0.6 is 11.8 Å². The maximum atomic E-state index is 3.45. The minimum Gasteiger partial charge on any atom is -0.371 e. The Morgan fingerprint density at radius 2 is 2.35 bits per heavy atom. The minimum atomic E-state index is 0.813. The molecule has 1 aliphatic rings. The Bertz CT molecular complexity index is 354. The Balaban J connectivity index is 1.94. The largest absolute Gasteiger partial charge is 0.371 e. The molecule has 1 unspecified atom stereocenters. The molecule has 1 saturated heterocycles.